The van der Waals surface area contributed by atoms with E-state index in [4.69, 9.17) is 10.5 Å². The molecule has 0 unspecified atom stereocenters. The molecule has 0 bridgehead atoms. The van der Waals surface area contributed by atoms with Crippen LogP contribution in [0.3, 0.4) is 0 Å². The largest absolute Gasteiger partial charge is 0.370 e. The number of hydrogen-bond donors (Lipinski definition) is 1. The van der Waals surface area contributed by atoms with E-state index in [0.717, 1.165) is 12.5 Å². The maximum Gasteiger partial charge on any atom is 0.0808 e. The maximum atomic E-state index is 6.47. The predicted octanol–water partition coefficient (Wildman–Crippen LogP) is 3.63. The normalized spacial score (nSPS) is 36.7. The first-order valence-electron chi connectivity index (χ1n) is 7.62. The van der Waals surface area contributed by atoms with Gasteiger partial charge in [-0.3, -0.25) is 0 Å². The van der Waals surface area contributed by atoms with Gasteiger partial charge in [0.25, 0.3) is 0 Å². The van der Waals surface area contributed by atoms with Crippen LogP contribution in [-0.4, -0.2) is 18.2 Å². The van der Waals surface area contributed by atoms with Crippen LogP contribution < -0.4 is 5.73 Å². The molecule has 0 aromatic carbocycles. The minimum atomic E-state index is 0.0293. The van der Waals surface area contributed by atoms with Crippen molar-refractivity contribution in [3.8, 4) is 0 Å². The summed E-state index contributed by atoms with van der Waals surface area (Å²) in [5.74, 6) is 0.868. The second-order valence-corrected chi connectivity index (χ2v) is 6.30. The topological polar surface area (TPSA) is 35.2 Å². The van der Waals surface area contributed by atoms with Crippen molar-refractivity contribution in [2.45, 2.75) is 82.8 Å². The Morgan fingerprint density at radius 2 is 1.59 bits per heavy atom. The van der Waals surface area contributed by atoms with Gasteiger partial charge < -0.3 is 10.5 Å². The standard InChI is InChI=1S/C15H29NO/c1-13-8-10-15(12-16,11-9-13)17-14-6-4-2-3-5-7-14/h13-14H,2-12,16H2,1H3. The van der Waals surface area contributed by atoms with Gasteiger partial charge in [0.05, 0.1) is 11.7 Å². The molecule has 2 aliphatic rings. The van der Waals surface area contributed by atoms with Crippen molar-refractivity contribution in [1.82, 2.24) is 0 Å². The summed E-state index contributed by atoms with van der Waals surface area (Å²) >= 11 is 0. The first-order valence-corrected chi connectivity index (χ1v) is 7.62. The Bertz CT molecular complexity index is 213. The third-order valence-corrected chi connectivity index (χ3v) is 4.78. The molecule has 0 atom stereocenters. The lowest BCUT2D eigenvalue weighted by molar-refractivity contribution is -0.116. The minimum absolute atomic E-state index is 0.0293. The summed E-state index contributed by atoms with van der Waals surface area (Å²) in [5, 5.41) is 0. The number of ether oxygens (including phenoxy) is 1. The van der Waals surface area contributed by atoms with Crippen molar-refractivity contribution in [2.24, 2.45) is 11.7 Å². The van der Waals surface area contributed by atoms with Crippen molar-refractivity contribution in [3.05, 3.63) is 0 Å². The van der Waals surface area contributed by atoms with Gasteiger partial charge in [-0.1, -0.05) is 32.6 Å². The molecule has 2 heteroatoms. The fraction of sp³-hybridized carbons (Fsp3) is 1.00. The van der Waals surface area contributed by atoms with Gasteiger partial charge in [0.15, 0.2) is 0 Å². The summed E-state index contributed by atoms with van der Waals surface area (Å²) in [7, 11) is 0. The first kappa shape index (κ1) is 13.4. The highest BCUT2D eigenvalue weighted by atomic mass is 16.5. The van der Waals surface area contributed by atoms with Crippen LogP contribution in [0, 0.1) is 5.92 Å². The van der Waals surface area contributed by atoms with Crippen LogP contribution in [0.25, 0.3) is 0 Å². The van der Waals surface area contributed by atoms with E-state index in [1.165, 1.54) is 64.2 Å². The van der Waals surface area contributed by atoms with Crippen LogP contribution in [0.5, 0.6) is 0 Å². The summed E-state index contributed by atoms with van der Waals surface area (Å²) < 4.78 is 6.47. The fourth-order valence-electron chi connectivity index (χ4n) is 3.37. The summed E-state index contributed by atoms with van der Waals surface area (Å²) in [6, 6.07) is 0. The van der Waals surface area contributed by atoms with Gasteiger partial charge >= 0.3 is 0 Å². The van der Waals surface area contributed by atoms with E-state index >= 15 is 0 Å². The first-order chi connectivity index (χ1) is 8.24. The SMILES string of the molecule is CC1CCC(CN)(OC2CCCCCC2)CC1. The van der Waals surface area contributed by atoms with Crippen LogP contribution in [0.2, 0.25) is 0 Å². The van der Waals surface area contributed by atoms with Crippen LogP contribution in [-0.2, 0) is 4.74 Å². The molecule has 2 fully saturated rings. The average Bonchev–Trinajstić information content (AvgIpc) is 2.61. The van der Waals surface area contributed by atoms with E-state index in [0.29, 0.717) is 6.10 Å². The molecule has 0 aromatic heterocycles. The van der Waals surface area contributed by atoms with Crippen LogP contribution in [0.15, 0.2) is 0 Å². The maximum absolute atomic E-state index is 6.47. The van der Waals surface area contributed by atoms with Crippen LogP contribution >= 0.6 is 0 Å². The molecule has 0 spiro atoms. The van der Waals surface area contributed by atoms with Gasteiger partial charge in [0.2, 0.25) is 0 Å². The van der Waals surface area contributed by atoms with Gasteiger partial charge in [-0.15, -0.1) is 0 Å². The Kier molecular flexibility index (Phi) is 4.87. The van der Waals surface area contributed by atoms with Gasteiger partial charge in [0.1, 0.15) is 0 Å². The molecular formula is C15H29NO. The molecule has 0 heterocycles. The van der Waals surface area contributed by atoms with Gasteiger partial charge in [-0.05, 0) is 44.4 Å². The lowest BCUT2D eigenvalue weighted by Crippen LogP contribution is -2.46. The molecule has 17 heavy (non-hydrogen) atoms. The molecule has 0 aliphatic heterocycles. The van der Waals surface area contributed by atoms with Crippen molar-refractivity contribution in [3.63, 3.8) is 0 Å². The number of hydrogen-bond acceptors (Lipinski definition) is 2. The Balaban J connectivity index is 1.89. The third kappa shape index (κ3) is 3.69. The second-order valence-electron chi connectivity index (χ2n) is 6.30. The average molecular weight is 239 g/mol. The van der Waals surface area contributed by atoms with E-state index < -0.39 is 0 Å². The highest BCUT2D eigenvalue weighted by Gasteiger charge is 2.36. The number of rotatable bonds is 3. The second kappa shape index (κ2) is 6.19. The van der Waals surface area contributed by atoms with Crippen molar-refractivity contribution < 1.29 is 4.74 Å². The van der Waals surface area contributed by atoms with E-state index in [1.807, 2.05) is 0 Å². The predicted molar refractivity (Wildman–Crippen MR) is 72.0 cm³/mol. The molecule has 2 nitrogen and oxygen atoms in total. The summed E-state index contributed by atoms with van der Waals surface area (Å²) in [6.07, 6.45) is 13.5. The smallest absolute Gasteiger partial charge is 0.0808 e. The van der Waals surface area contributed by atoms with Crippen molar-refractivity contribution in [2.75, 3.05) is 6.54 Å². The van der Waals surface area contributed by atoms with Crippen molar-refractivity contribution in [1.29, 1.82) is 0 Å². The molecule has 2 aliphatic carbocycles. The molecule has 2 N–H and O–H groups in total. The van der Waals surface area contributed by atoms with E-state index in [-0.39, 0.29) is 5.60 Å². The molecule has 2 saturated carbocycles. The van der Waals surface area contributed by atoms with Crippen molar-refractivity contribution >= 4 is 0 Å². The number of nitrogens with two attached hydrogens (primary N) is 1. The van der Waals surface area contributed by atoms with Crippen LogP contribution in [0.1, 0.15) is 71.1 Å². The van der Waals surface area contributed by atoms with E-state index in [2.05, 4.69) is 6.92 Å². The third-order valence-electron chi connectivity index (χ3n) is 4.78. The monoisotopic (exact) mass is 239 g/mol. The Morgan fingerprint density at radius 3 is 2.12 bits per heavy atom. The molecule has 0 saturated heterocycles. The highest BCUT2D eigenvalue weighted by Crippen LogP contribution is 2.36. The van der Waals surface area contributed by atoms with E-state index in [9.17, 15) is 0 Å². The Labute approximate surface area is 106 Å². The lowest BCUT2D eigenvalue weighted by atomic mass is 9.79. The molecule has 0 radical (unpaired) electrons. The zero-order valence-electron chi connectivity index (χ0n) is 11.4. The fourth-order valence-corrected chi connectivity index (χ4v) is 3.37. The summed E-state index contributed by atoms with van der Waals surface area (Å²) in [4.78, 5) is 0. The summed E-state index contributed by atoms with van der Waals surface area (Å²) in [5.41, 5.74) is 6.04. The summed E-state index contributed by atoms with van der Waals surface area (Å²) in [6.45, 7) is 3.07. The van der Waals surface area contributed by atoms with E-state index in [1.54, 1.807) is 0 Å². The molecular weight excluding hydrogens is 210 g/mol. The van der Waals surface area contributed by atoms with Gasteiger partial charge in [-0.25, -0.2) is 0 Å². The Morgan fingerprint density at radius 1 is 1.00 bits per heavy atom. The van der Waals surface area contributed by atoms with Gasteiger partial charge in [0, 0.05) is 6.54 Å². The zero-order chi connectivity index (χ0) is 12.1. The quantitative estimate of drug-likeness (QED) is 0.763. The zero-order valence-corrected chi connectivity index (χ0v) is 11.4. The van der Waals surface area contributed by atoms with Gasteiger partial charge in [-0.2, -0.15) is 0 Å². The molecule has 0 amide bonds. The molecule has 2 rings (SSSR count). The highest BCUT2D eigenvalue weighted by molar-refractivity contribution is 4.88. The minimum Gasteiger partial charge on any atom is -0.370 e. The van der Waals surface area contributed by atoms with Crippen LogP contribution in [0.4, 0.5) is 0 Å². The molecule has 100 valence electrons. The molecule has 0 aromatic rings. The Hall–Kier alpha value is -0.0800. The lowest BCUT2D eigenvalue weighted by Gasteiger charge is -2.41.